The van der Waals surface area contributed by atoms with Crippen molar-refractivity contribution in [3.05, 3.63) is 105 Å². The van der Waals surface area contributed by atoms with Crippen LogP contribution in [0.1, 0.15) is 42.5 Å². The maximum atomic E-state index is 13.5. The summed E-state index contributed by atoms with van der Waals surface area (Å²) in [5.74, 6) is -0.606. The highest BCUT2D eigenvalue weighted by molar-refractivity contribution is 9.10. The molecular weight excluding hydrogens is 646 g/mol. The molecule has 5 rings (SSSR count). The SMILES string of the molecule is CCCCOc1ccc(/C(O)=C2/C(=O)C(=O)N(c3nnc(SCc4ccccc4Cl)s3)C2c2ccc(Br)cc2)cc1. The molecule has 1 aliphatic rings. The first-order chi connectivity index (χ1) is 19.9. The number of aromatic nitrogens is 2. The minimum atomic E-state index is -0.891. The molecule has 1 saturated heterocycles. The smallest absolute Gasteiger partial charge is 0.301 e. The number of Topliss-reactive ketones (excluding diaryl/α,β-unsaturated/α-hetero) is 1. The standard InChI is InChI=1S/C30H25BrClN3O4S2/c1-2-3-16-39-22-14-10-19(11-15-22)26(36)24-25(18-8-12-21(31)13-9-18)35(28(38)27(24)37)29-33-34-30(41-29)40-17-20-6-4-5-7-23(20)32/h4-15,25,36H,2-3,16-17H2,1H3/b26-24-. The molecule has 4 aromatic rings. The van der Waals surface area contributed by atoms with Gasteiger partial charge in [-0.05, 0) is 60.0 Å². The van der Waals surface area contributed by atoms with E-state index in [-0.39, 0.29) is 16.5 Å². The summed E-state index contributed by atoms with van der Waals surface area (Å²) in [7, 11) is 0. The van der Waals surface area contributed by atoms with Crippen LogP contribution in [0.3, 0.4) is 0 Å². The molecule has 1 aromatic heterocycles. The van der Waals surface area contributed by atoms with Crippen LogP contribution in [0.4, 0.5) is 5.13 Å². The van der Waals surface area contributed by atoms with Crippen LogP contribution < -0.4 is 9.64 Å². The van der Waals surface area contributed by atoms with Crippen molar-refractivity contribution in [1.29, 1.82) is 0 Å². The Labute approximate surface area is 259 Å². The van der Waals surface area contributed by atoms with E-state index in [1.807, 2.05) is 36.4 Å². The van der Waals surface area contributed by atoms with Crippen molar-refractivity contribution >= 4 is 73.2 Å². The van der Waals surface area contributed by atoms with E-state index < -0.39 is 17.7 Å². The summed E-state index contributed by atoms with van der Waals surface area (Å²) in [5, 5.41) is 20.8. The van der Waals surface area contributed by atoms with Gasteiger partial charge in [0.1, 0.15) is 11.5 Å². The van der Waals surface area contributed by atoms with Crippen molar-refractivity contribution < 1.29 is 19.4 Å². The number of carbonyl (C=O) groups is 2. The summed E-state index contributed by atoms with van der Waals surface area (Å²) >= 11 is 12.4. The number of thioether (sulfide) groups is 1. The molecule has 0 saturated carbocycles. The predicted octanol–water partition coefficient (Wildman–Crippen LogP) is 8.05. The summed E-state index contributed by atoms with van der Waals surface area (Å²) in [5.41, 5.74) is 1.99. The van der Waals surface area contributed by atoms with Crippen LogP contribution in [-0.2, 0) is 15.3 Å². The second-order valence-electron chi connectivity index (χ2n) is 9.18. The van der Waals surface area contributed by atoms with E-state index >= 15 is 0 Å². The van der Waals surface area contributed by atoms with Crippen LogP contribution in [-0.4, -0.2) is 33.6 Å². The number of halogens is 2. The molecule has 0 radical (unpaired) electrons. The maximum Gasteiger partial charge on any atom is 0.301 e. The van der Waals surface area contributed by atoms with E-state index in [2.05, 4.69) is 33.1 Å². The average molecular weight is 671 g/mol. The molecule has 1 unspecified atom stereocenters. The molecule has 3 aromatic carbocycles. The highest BCUT2D eigenvalue weighted by atomic mass is 79.9. The van der Waals surface area contributed by atoms with Gasteiger partial charge in [0.25, 0.3) is 5.78 Å². The minimum absolute atomic E-state index is 0.0163. The summed E-state index contributed by atoms with van der Waals surface area (Å²) < 4.78 is 7.18. The van der Waals surface area contributed by atoms with E-state index in [4.69, 9.17) is 16.3 Å². The Morgan fingerprint density at radius 2 is 1.80 bits per heavy atom. The third-order valence-corrected chi connectivity index (χ3v) is 9.44. The Hall–Kier alpha value is -3.18. The van der Waals surface area contributed by atoms with Gasteiger partial charge in [-0.3, -0.25) is 14.5 Å². The molecule has 210 valence electrons. The van der Waals surface area contributed by atoms with Gasteiger partial charge in [-0.2, -0.15) is 0 Å². The van der Waals surface area contributed by atoms with Gasteiger partial charge in [0.2, 0.25) is 5.13 Å². The van der Waals surface area contributed by atoms with Crippen LogP contribution in [0, 0.1) is 0 Å². The van der Waals surface area contributed by atoms with Gasteiger partial charge in [0, 0.05) is 20.8 Å². The first-order valence-electron chi connectivity index (χ1n) is 12.9. The van der Waals surface area contributed by atoms with Crippen LogP contribution in [0.2, 0.25) is 5.02 Å². The number of aliphatic hydroxyl groups is 1. The number of ketones is 1. The van der Waals surface area contributed by atoms with E-state index in [0.29, 0.717) is 38.6 Å². The molecule has 1 N–H and O–H groups in total. The van der Waals surface area contributed by atoms with Crippen molar-refractivity contribution in [3.8, 4) is 5.75 Å². The van der Waals surface area contributed by atoms with Gasteiger partial charge in [-0.25, -0.2) is 0 Å². The number of ether oxygens (including phenoxy) is 1. The number of unbranched alkanes of at least 4 members (excludes halogenated alkanes) is 1. The molecule has 1 atom stereocenters. The lowest BCUT2D eigenvalue weighted by Crippen LogP contribution is -2.29. The van der Waals surface area contributed by atoms with Crippen molar-refractivity contribution in [2.45, 2.75) is 35.9 Å². The average Bonchev–Trinajstić information content (AvgIpc) is 3.55. The van der Waals surface area contributed by atoms with E-state index in [1.165, 1.54) is 28.0 Å². The maximum absolute atomic E-state index is 13.5. The number of anilines is 1. The fraction of sp³-hybridized carbons (Fsp3) is 0.200. The fourth-order valence-electron chi connectivity index (χ4n) is 4.30. The number of rotatable bonds is 10. The number of nitrogens with zero attached hydrogens (tertiary/aromatic N) is 3. The quantitative estimate of drug-likeness (QED) is 0.0456. The number of carbonyl (C=O) groups excluding carboxylic acids is 2. The summed E-state index contributed by atoms with van der Waals surface area (Å²) in [6.07, 6.45) is 1.95. The van der Waals surface area contributed by atoms with Crippen LogP contribution in [0.5, 0.6) is 5.75 Å². The molecule has 1 aliphatic heterocycles. The lowest BCUT2D eigenvalue weighted by atomic mass is 9.95. The van der Waals surface area contributed by atoms with E-state index in [9.17, 15) is 14.7 Å². The van der Waals surface area contributed by atoms with Crippen LogP contribution in [0.25, 0.3) is 5.76 Å². The third kappa shape index (κ3) is 6.51. The molecule has 0 aliphatic carbocycles. The van der Waals surface area contributed by atoms with Gasteiger partial charge < -0.3 is 9.84 Å². The zero-order valence-corrected chi connectivity index (χ0v) is 25.9. The molecule has 11 heteroatoms. The van der Waals surface area contributed by atoms with Gasteiger partial charge in [-0.15, -0.1) is 10.2 Å². The Bertz CT molecular complexity index is 1590. The molecule has 0 spiro atoms. The number of aliphatic hydroxyl groups excluding tert-OH is 1. The Morgan fingerprint density at radius 1 is 1.07 bits per heavy atom. The molecule has 0 bridgehead atoms. The van der Waals surface area contributed by atoms with Crippen LogP contribution >= 0.6 is 50.6 Å². The van der Waals surface area contributed by atoms with E-state index in [1.54, 1.807) is 36.4 Å². The number of benzene rings is 3. The van der Waals surface area contributed by atoms with Crippen molar-refractivity contribution in [2.75, 3.05) is 11.5 Å². The lowest BCUT2D eigenvalue weighted by molar-refractivity contribution is -0.132. The molecule has 7 nitrogen and oxygen atoms in total. The number of hydrogen-bond acceptors (Lipinski definition) is 8. The Morgan fingerprint density at radius 3 is 2.51 bits per heavy atom. The zero-order valence-electron chi connectivity index (χ0n) is 21.9. The number of hydrogen-bond donors (Lipinski definition) is 1. The monoisotopic (exact) mass is 669 g/mol. The molecular formula is C30H25BrClN3O4S2. The lowest BCUT2D eigenvalue weighted by Gasteiger charge is -2.22. The van der Waals surface area contributed by atoms with E-state index in [0.717, 1.165) is 22.9 Å². The fourth-order valence-corrected chi connectivity index (χ4v) is 6.72. The van der Waals surface area contributed by atoms with Gasteiger partial charge >= 0.3 is 5.91 Å². The van der Waals surface area contributed by atoms with Crippen LogP contribution in [0.15, 0.2) is 87.2 Å². The highest BCUT2D eigenvalue weighted by Crippen LogP contribution is 2.44. The minimum Gasteiger partial charge on any atom is -0.507 e. The normalized spacial score (nSPS) is 16.4. The summed E-state index contributed by atoms with van der Waals surface area (Å²) in [6.45, 7) is 2.68. The summed E-state index contributed by atoms with van der Waals surface area (Å²) in [6, 6.07) is 20.7. The van der Waals surface area contributed by atoms with Gasteiger partial charge in [0.05, 0.1) is 18.2 Å². The molecule has 1 amide bonds. The second-order valence-corrected chi connectivity index (χ2v) is 12.7. The molecule has 41 heavy (non-hydrogen) atoms. The molecule has 1 fully saturated rings. The summed E-state index contributed by atoms with van der Waals surface area (Å²) in [4.78, 5) is 28.2. The zero-order chi connectivity index (χ0) is 28.9. The Balaban J connectivity index is 1.49. The van der Waals surface area contributed by atoms with Crippen molar-refractivity contribution in [3.63, 3.8) is 0 Å². The first-order valence-corrected chi connectivity index (χ1v) is 15.8. The van der Waals surface area contributed by atoms with Gasteiger partial charge in [0.15, 0.2) is 4.34 Å². The first kappa shape index (κ1) is 29.3. The number of amides is 1. The van der Waals surface area contributed by atoms with Gasteiger partial charge in [-0.1, -0.05) is 94.3 Å². The molecule has 2 heterocycles. The largest absolute Gasteiger partial charge is 0.507 e. The highest BCUT2D eigenvalue weighted by Gasteiger charge is 2.48. The third-order valence-electron chi connectivity index (χ3n) is 6.44. The second kappa shape index (κ2) is 13.2. The predicted molar refractivity (Wildman–Crippen MR) is 167 cm³/mol. The van der Waals surface area contributed by atoms with Crippen molar-refractivity contribution in [2.24, 2.45) is 0 Å². The topological polar surface area (TPSA) is 92.6 Å². The van der Waals surface area contributed by atoms with Crippen molar-refractivity contribution in [1.82, 2.24) is 10.2 Å². The Kier molecular flexibility index (Phi) is 9.44.